The van der Waals surface area contributed by atoms with Gasteiger partial charge in [0, 0.05) is 36.4 Å². The summed E-state index contributed by atoms with van der Waals surface area (Å²) >= 11 is 8.14. The first kappa shape index (κ1) is 15.4. The zero-order chi connectivity index (χ0) is 16.6. The third-order valence-electron chi connectivity index (χ3n) is 3.23. The minimum Gasteiger partial charge on any atom is -0.252 e. The molecule has 0 radical (unpaired) electrons. The van der Waals surface area contributed by atoms with Gasteiger partial charge in [-0.15, -0.1) is 56.7 Å². The second-order valence-electron chi connectivity index (χ2n) is 4.79. The monoisotopic (exact) mass is 417 g/mol. The van der Waals surface area contributed by atoms with E-state index in [1.54, 1.807) is 62.9 Å². The number of rotatable bonds is 4. The second kappa shape index (κ2) is 6.46. The smallest absolute Gasteiger partial charge is 0.152 e. The molecule has 0 aliphatic heterocycles. The number of thiazole rings is 5. The molecule has 10 heteroatoms. The lowest BCUT2D eigenvalue weighted by Gasteiger charge is -1.88. The van der Waals surface area contributed by atoms with Gasteiger partial charge in [0.2, 0.25) is 0 Å². The topological polar surface area (TPSA) is 64.5 Å². The van der Waals surface area contributed by atoms with Crippen LogP contribution in [-0.4, -0.2) is 24.9 Å². The van der Waals surface area contributed by atoms with Gasteiger partial charge in [0.05, 0.1) is 25.0 Å². The predicted molar refractivity (Wildman–Crippen MR) is 107 cm³/mol. The van der Waals surface area contributed by atoms with Gasteiger partial charge < -0.3 is 0 Å². The molecule has 0 N–H and O–H groups in total. The molecule has 5 heterocycles. The molecule has 5 nitrogen and oxygen atoms in total. The van der Waals surface area contributed by atoms with Crippen molar-refractivity contribution in [2.45, 2.75) is 0 Å². The van der Waals surface area contributed by atoms with Crippen molar-refractivity contribution in [1.29, 1.82) is 0 Å². The summed E-state index contributed by atoms with van der Waals surface area (Å²) in [5.41, 5.74) is 1.83. The highest BCUT2D eigenvalue weighted by molar-refractivity contribution is 7.28. The highest BCUT2D eigenvalue weighted by atomic mass is 32.1. The molecule has 122 valence electrons. The third kappa shape index (κ3) is 2.96. The zero-order valence-corrected chi connectivity index (χ0v) is 16.4. The number of hydrogen-bond acceptors (Lipinski definition) is 10. The van der Waals surface area contributed by atoms with E-state index in [4.69, 9.17) is 0 Å². The van der Waals surface area contributed by atoms with Crippen molar-refractivity contribution in [2.24, 2.45) is 0 Å². The van der Waals surface area contributed by atoms with Crippen LogP contribution in [0.3, 0.4) is 0 Å². The molecule has 0 saturated carbocycles. The van der Waals surface area contributed by atoms with Crippen molar-refractivity contribution in [2.75, 3.05) is 0 Å². The Bertz CT molecular complexity index is 1020. The van der Waals surface area contributed by atoms with Gasteiger partial charge in [0.15, 0.2) is 20.0 Å². The quantitative estimate of drug-likeness (QED) is 0.379. The van der Waals surface area contributed by atoms with Crippen molar-refractivity contribution in [3.05, 3.63) is 41.9 Å². The Balaban J connectivity index is 1.44. The van der Waals surface area contributed by atoms with Gasteiger partial charge in [-0.05, 0) is 0 Å². The van der Waals surface area contributed by atoms with E-state index in [1.807, 2.05) is 35.7 Å². The summed E-state index contributed by atoms with van der Waals surface area (Å²) in [6, 6.07) is 0. The fraction of sp³-hybridized carbons (Fsp3) is 0. The molecule has 25 heavy (non-hydrogen) atoms. The Morgan fingerprint density at radius 2 is 1.16 bits per heavy atom. The maximum absolute atomic E-state index is 4.55. The SMILES string of the molecule is c1csc(-c2ncc(-c3cnc(-c4ncc(-c5cncs5)s4)s3)s2)n1. The molecular weight excluding hydrogens is 411 g/mol. The predicted octanol–water partition coefficient (Wildman–Crippen LogP) is 5.64. The lowest BCUT2D eigenvalue weighted by atomic mass is 10.5. The normalized spacial score (nSPS) is 11.2. The van der Waals surface area contributed by atoms with Crippen LogP contribution in [0.25, 0.3) is 39.5 Å². The molecule has 5 aromatic heterocycles. The van der Waals surface area contributed by atoms with Crippen molar-refractivity contribution < 1.29 is 0 Å². The molecule has 0 saturated heterocycles. The average Bonchev–Trinajstić information content (AvgIpc) is 3.48. The van der Waals surface area contributed by atoms with Gasteiger partial charge in [0.1, 0.15) is 0 Å². The standard InChI is InChI=1S/C15H7N5S5/c1-2-21-12(17-1)13-18-5-10(24-13)11-6-20-15(25-11)14-19-4-9(23-14)8-3-16-7-22-8/h1-7H. The van der Waals surface area contributed by atoms with Crippen LogP contribution >= 0.6 is 56.7 Å². The van der Waals surface area contributed by atoms with Gasteiger partial charge >= 0.3 is 0 Å². The van der Waals surface area contributed by atoms with Crippen LogP contribution in [0, 0.1) is 0 Å². The summed E-state index contributed by atoms with van der Waals surface area (Å²) in [6.45, 7) is 0. The van der Waals surface area contributed by atoms with Crippen molar-refractivity contribution >= 4 is 56.7 Å². The van der Waals surface area contributed by atoms with Crippen LogP contribution < -0.4 is 0 Å². The van der Waals surface area contributed by atoms with Gasteiger partial charge in [-0.1, -0.05) is 0 Å². The Hall–Kier alpha value is -1.85. The molecule has 0 fully saturated rings. The third-order valence-corrected chi connectivity index (χ3v) is 8.45. The summed E-state index contributed by atoms with van der Waals surface area (Å²) < 4.78 is 0. The Morgan fingerprint density at radius 1 is 0.560 bits per heavy atom. The lowest BCUT2D eigenvalue weighted by Crippen LogP contribution is -1.68. The lowest BCUT2D eigenvalue weighted by molar-refractivity contribution is 1.35. The van der Waals surface area contributed by atoms with E-state index in [0.29, 0.717) is 0 Å². The maximum Gasteiger partial charge on any atom is 0.152 e. The van der Waals surface area contributed by atoms with Crippen LogP contribution in [0.1, 0.15) is 0 Å². The Labute approximate surface area is 162 Å². The summed E-state index contributed by atoms with van der Waals surface area (Å²) in [5.74, 6) is 0. The molecule has 0 aliphatic carbocycles. The second-order valence-corrected chi connectivity index (χ2v) is 9.66. The first-order chi connectivity index (χ1) is 12.4. The van der Waals surface area contributed by atoms with E-state index in [9.17, 15) is 0 Å². The van der Waals surface area contributed by atoms with Crippen LogP contribution in [0.15, 0.2) is 41.9 Å². The zero-order valence-electron chi connectivity index (χ0n) is 12.3. The van der Waals surface area contributed by atoms with Crippen molar-refractivity contribution in [1.82, 2.24) is 24.9 Å². The molecule has 0 bridgehead atoms. The van der Waals surface area contributed by atoms with Crippen molar-refractivity contribution in [3.8, 4) is 39.5 Å². The first-order valence-corrected chi connectivity index (χ1v) is 11.2. The fourth-order valence-electron chi connectivity index (χ4n) is 2.13. The van der Waals surface area contributed by atoms with Crippen LogP contribution in [0.2, 0.25) is 0 Å². The van der Waals surface area contributed by atoms with Crippen LogP contribution in [-0.2, 0) is 0 Å². The van der Waals surface area contributed by atoms with E-state index in [2.05, 4.69) is 24.9 Å². The number of nitrogens with zero attached hydrogens (tertiary/aromatic N) is 5. The molecule has 5 aromatic rings. The maximum atomic E-state index is 4.55. The molecule has 5 rings (SSSR count). The van der Waals surface area contributed by atoms with Gasteiger partial charge in [-0.3, -0.25) is 4.98 Å². The first-order valence-electron chi connectivity index (χ1n) is 7.04. The average molecular weight is 418 g/mol. The molecule has 0 amide bonds. The highest BCUT2D eigenvalue weighted by Crippen LogP contribution is 2.40. The van der Waals surface area contributed by atoms with Gasteiger partial charge in [-0.2, -0.15) is 0 Å². The van der Waals surface area contributed by atoms with Crippen LogP contribution in [0.4, 0.5) is 0 Å². The van der Waals surface area contributed by atoms with E-state index in [-0.39, 0.29) is 0 Å². The summed E-state index contributed by atoms with van der Waals surface area (Å²) in [6.07, 6.45) is 9.35. The summed E-state index contributed by atoms with van der Waals surface area (Å²) in [5, 5.41) is 5.73. The minimum absolute atomic E-state index is 0.931. The molecule has 0 aromatic carbocycles. The molecular formula is C15H7N5S5. The Kier molecular flexibility index (Phi) is 3.98. The molecule has 0 aliphatic rings. The number of hydrogen-bond donors (Lipinski definition) is 0. The van der Waals surface area contributed by atoms with Gasteiger partial charge in [-0.25, -0.2) is 19.9 Å². The molecule has 0 atom stereocenters. The van der Waals surface area contributed by atoms with E-state index >= 15 is 0 Å². The van der Waals surface area contributed by atoms with Crippen molar-refractivity contribution in [3.63, 3.8) is 0 Å². The fourth-order valence-corrected chi connectivity index (χ4v) is 6.35. The number of aromatic nitrogens is 5. The van der Waals surface area contributed by atoms with Crippen LogP contribution in [0.5, 0.6) is 0 Å². The van der Waals surface area contributed by atoms with E-state index in [1.165, 1.54) is 0 Å². The molecule has 0 unspecified atom stereocenters. The van der Waals surface area contributed by atoms with E-state index < -0.39 is 0 Å². The largest absolute Gasteiger partial charge is 0.252 e. The summed E-state index contributed by atoms with van der Waals surface area (Å²) in [7, 11) is 0. The van der Waals surface area contributed by atoms with Gasteiger partial charge in [0.25, 0.3) is 0 Å². The Morgan fingerprint density at radius 3 is 1.68 bits per heavy atom. The highest BCUT2D eigenvalue weighted by Gasteiger charge is 2.14. The molecule has 0 spiro atoms. The minimum atomic E-state index is 0.931. The summed E-state index contributed by atoms with van der Waals surface area (Å²) in [4.78, 5) is 26.5. The van der Waals surface area contributed by atoms with E-state index in [0.717, 1.165) is 39.5 Å².